The molecular weight excluding hydrogens is 1080 g/mol. The number of nitrogens with one attached hydrogen (secondary N) is 2. The van der Waals surface area contributed by atoms with Crippen molar-refractivity contribution in [3.63, 3.8) is 0 Å². The summed E-state index contributed by atoms with van der Waals surface area (Å²) in [6, 6.07) is 15.6. The van der Waals surface area contributed by atoms with Gasteiger partial charge >= 0.3 is 12.1 Å². The van der Waals surface area contributed by atoms with E-state index in [0.29, 0.717) is 156 Å². The van der Waals surface area contributed by atoms with Crippen LogP contribution in [0.3, 0.4) is 0 Å². The van der Waals surface area contributed by atoms with E-state index in [4.69, 9.17) is 61.8 Å². The monoisotopic (exact) mass is 1170 g/mol. The summed E-state index contributed by atoms with van der Waals surface area (Å²) in [5.41, 5.74) is 6.41. The molecule has 4 aromatic rings. The lowest BCUT2D eigenvalue weighted by atomic mass is 9.98. The van der Waals surface area contributed by atoms with Crippen molar-refractivity contribution in [1.29, 1.82) is 0 Å². The highest BCUT2D eigenvalue weighted by Gasteiger charge is 2.28. The second-order valence-electron chi connectivity index (χ2n) is 19.4. The highest BCUT2D eigenvalue weighted by molar-refractivity contribution is 8.77. The van der Waals surface area contributed by atoms with Crippen molar-refractivity contribution in [2.75, 3.05) is 139 Å². The molecule has 1 aliphatic heterocycles. The number of nitrogens with zero attached hydrogens (tertiary/aromatic N) is 2. The van der Waals surface area contributed by atoms with Gasteiger partial charge in [-0.3, -0.25) is 14.4 Å². The third kappa shape index (κ3) is 25.3. The molecule has 0 bridgehead atoms. The van der Waals surface area contributed by atoms with Crippen LogP contribution in [0.2, 0.25) is 0 Å². The van der Waals surface area contributed by atoms with Crippen LogP contribution in [0, 0.1) is 6.92 Å². The van der Waals surface area contributed by atoms with Gasteiger partial charge in [-0.2, -0.15) is 0 Å². The number of carbonyl (C=O) groups is 3. The number of esters is 1. The van der Waals surface area contributed by atoms with Crippen LogP contribution in [0.1, 0.15) is 88.1 Å². The maximum Gasteiger partial charge on any atom is 0.407 e. The van der Waals surface area contributed by atoms with Gasteiger partial charge in [-0.25, -0.2) is 9.78 Å². The molecule has 22 heteroatoms. The highest BCUT2D eigenvalue weighted by atomic mass is 33.1. The Bertz CT molecular complexity index is 2550. The van der Waals surface area contributed by atoms with Gasteiger partial charge in [0.15, 0.2) is 0 Å². The molecule has 2 amide bonds. The van der Waals surface area contributed by atoms with E-state index in [0.717, 1.165) is 68.9 Å². The second-order valence-corrected chi connectivity index (χ2v) is 22.3. The number of pyridine rings is 2. The van der Waals surface area contributed by atoms with Crippen LogP contribution >= 0.6 is 21.6 Å². The summed E-state index contributed by atoms with van der Waals surface area (Å²) < 4.78 is 67.8. The Morgan fingerprint density at radius 3 is 1.78 bits per heavy atom. The van der Waals surface area contributed by atoms with Crippen molar-refractivity contribution >= 4 is 50.5 Å². The van der Waals surface area contributed by atoms with E-state index in [1.165, 1.54) is 0 Å². The number of benzene rings is 2. The Labute approximate surface area is 485 Å². The predicted molar refractivity (Wildman–Crippen MR) is 312 cm³/mol. The van der Waals surface area contributed by atoms with Gasteiger partial charge in [0, 0.05) is 53.1 Å². The number of carbonyl (C=O) groups excluding carboxylic acids is 3. The molecule has 2 aromatic heterocycles. The first kappa shape index (κ1) is 66.9. The van der Waals surface area contributed by atoms with Crippen LogP contribution in [0.25, 0.3) is 22.3 Å². The Kier molecular flexibility index (Phi) is 32.1. The smallest absolute Gasteiger partial charge is 0.407 e. The molecule has 3 heterocycles. The zero-order valence-corrected chi connectivity index (χ0v) is 50.0. The van der Waals surface area contributed by atoms with E-state index in [2.05, 4.69) is 38.3 Å². The third-order valence-electron chi connectivity index (χ3n) is 12.4. The molecule has 81 heavy (non-hydrogen) atoms. The predicted octanol–water partition coefficient (Wildman–Crippen LogP) is 8.03. The molecule has 0 unspecified atom stereocenters. The minimum atomic E-state index is -0.509. The maximum atomic E-state index is 13.6. The molecule has 2 N–H and O–H groups in total. The second kappa shape index (κ2) is 38.8. The molecule has 0 radical (unpaired) electrons. The number of rotatable bonds is 45. The van der Waals surface area contributed by atoms with Crippen LogP contribution in [0.4, 0.5) is 4.79 Å². The quantitative estimate of drug-likeness (QED) is 0.0214. The maximum absolute atomic E-state index is 13.6. The fourth-order valence-electron chi connectivity index (χ4n) is 8.03. The topological polar surface area (TPSA) is 221 Å². The van der Waals surface area contributed by atoms with Crippen molar-refractivity contribution in [3.8, 4) is 17.1 Å². The molecule has 450 valence electrons. The number of aromatic nitrogens is 2. The van der Waals surface area contributed by atoms with E-state index in [9.17, 15) is 19.2 Å². The number of aryl methyl sites for hydroxylation is 2. The van der Waals surface area contributed by atoms with Crippen molar-refractivity contribution in [3.05, 3.63) is 86.7 Å². The SMILES string of the molecule is CCCOCCOCCOCCOCCOCCOCCOCCOCCOCCC(=O)NCC(C)(C)SSc1ccc(COC(=O)NCCCOc2ccc3nc4c(c(CC)c3c2)Cn2c-4cc(C)c(COC(=O)CC)c2=O)cc1. The molecule has 0 saturated carbocycles. The first-order chi connectivity index (χ1) is 39.4. The van der Waals surface area contributed by atoms with Crippen LogP contribution in [0.5, 0.6) is 5.75 Å². The Morgan fingerprint density at radius 1 is 0.654 bits per heavy atom. The molecule has 0 saturated heterocycles. The van der Waals surface area contributed by atoms with Crippen molar-refractivity contribution in [2.45, 2.75) is 103 Å². The van der Waals surface area contributed by atoms with Gasteiger partial charge < -0.3 is 72.0 Å². The number of hydrogen-bond donors (Lipinski definition) is 2. The molecule has 1 aliphatic rings. The lowest BCUT2D eigenvalue weighted by Crippen LogP contribution is -2.36. The molecule has 0 fully saturated rings. The Hall–Kier alpha value is -4.85. The van der Waals surface area contributed by atoms with Crippen LogP contribution in [-0.2, 0) is 87.9 Å². The molecule has 0 atom stereocenters. The fraction of sp³-hybridized carbons (Fsp3) is 0.610. The molecule has 20 nitrogen and oxygen atoms in total. The number of fused-ring (bicyclic) bond motifs is 4. The summed E-state index contributed by atoms with van der Waals surface area (Å²) in [7, 11) is 3.28. The van der Waals surface area contributed by atoms with Gasteiger partial charge in [0.2, 0.25) is 5.91 Å². The average Bonchev–Trinajstić information content (AvgIpc) is 3.99. The van der Waals surface area contributed by atoms with Gasteiger partial charge in [-0.1, -0.05) is 54.5 Å². The number of ether oxygens (including phenoxy) is 12. The summed E-state index contributed by atoms with van der Waals surface area (Å²) in [6.45, 7) is 22.6. The van der Waals surface area contributed by atoms with Gasteiger partial charge in [0.05, 0.1) is 148 Å². The van der Waals surface area contributed by atoms with E-state index in [1.807, 2.05) is 55.5 Å². The largest absolute Gasteiger partial charge is 0.494 e. The lowest BCUT2D eigenvalue weighted by molar-refractivity contribution is -0.144. The van der Waals surface area contributed by atoms with Gasteiger partial charge in [-0.15, -0.1) is 0 Å². The average molecular weight is 1170 g/mol. The van der Waals surface area contributed by atoms with Crippen molar-refractivity contribution in [1.82, 2.24) is 20.2 Å². The molecule has 2 aromatic carbocycles. The zero-order valence-electron chi connectivity index (χ0n) is 48.4. The van der Waals surface area contributed by atoms with Crippen LogP contribution < -0.4 is 20.9 Å². The summed E-state index contributed by atoms with van der Waals surface area (Å²) >= 11 is 0. The summed E-state index contributed by atoms with van der Waals surface area (Å²) in [4.78, 5) is 56.4. The Morgan fingerprint density at radius 2 is 1.22 bits per heavy atom. The number of alkyl carbamates (subject to hydrolysis) is 1. The summed E-state index contributed by atoms with van der Waals surface area (Å²) in [5, 5.41) is 6.78. The van der Waals surface area contributed by atoms with Gasteiger partial charge in [-0.05, 0) is 93.1 Å². The van der Waals surface area contributed by atoms with Gasteiger partial charge in [0.25, 0.3) is 5.56 Å². The minimum Gasteiger partial charge on any atom is -0.494 e. The molecule has 0 aliphatic carbocycles. The number of hydrogen-bond acceptors (Lipinski definition) is 19. The van der Waals surface area contributed by atoms with E-state index < -0.39 is 6.09 Å². The molecule has 0 spiro atoms. The molecular formula is C59H86N4O16S2. The van der Waals surface area contributed by atoms with Crippen LogP contribution in [0.15, 0.2) is 58.2 Å². The van der Waals surface area contributed by atoms with Crippen molar-refractivity contribution in [2.24, 2.45) is 0 Å². The Balaban J connectivity index is 0.817. The van der Waals surface area contributed by atoms with E-state index in [-0.39, 0.29) is 48.2 Å². The zero-order chi connectivity index (χ0) is 57.9. The van der Waals surface area contributed by atoms with Gasteiger partial charge in [0.1, 0.15) is 19.0 Å². The number of amides is 2. The van der Waals surface area contributed by atoms with E-state index >= 15 is 0 Å². The standard InChI is InChI=1S/C59H86N4O16S2/c1-7-19-68-22-24-70-26-28-72-30-32-74-34-36-76-37-35-75-33-31-73-29-27-71-25-23-69-21-17-54(64)61-43-59(5,6)81-80-47-14-11-45(12-15-47)41-79-58(67)60-18-10-20-77-46-13-16-52-49(39-46)48(8-2)50-40-63-53(56(50)62-52)38-44(4)51(57(63)66)42-78-55(65)9-3/h11-16,38-39H,7-10,17-37,40-43H2,1-6H3,(H,60,67)(H,61,64). The van der Waals surface area contributed by atoms with E-state index in [1.54, 1.807) is 33.1 Å². The summed E-state index contributed by atoms with van der Waals surface area (Å²) in [5.74, 6) is 0.266. The van der Waals surface area contributed by atoms with Crippen LogP contribution in [-0.4, -0.2) is 171 Å². The van der Waals surface area contributed by atoms with Crippen molar-refractivity contribution < 1.29 is 71.2 Å². The first-order valence-electron chi connectivity index (χ1n) is 28.2. The third-order valence-corrected chi connectivity index (χ3v) is 15.7. The lowest BCUT2D eigenvalue weighted by Gasteiger charge is -2.23. The first-order valence-corrected chi connectivity index (χ1v) is 30.4. The fourth-order valence-corrected chi connectivity index (χ4v) is 10.2. The molecule has 5 rings (SSSR count). The normalized spacial score (nSPS) is 11.9. The highest BCUT2D eigenvalue weighted by Crippen LogP contribution is 2.41. The summed E-state index contributed by atoms with van der Waals surface area (Å²) in [6.07, 6.45) is 2.31. The minimum absolute atomic E-state index is 0.0533.